The first-order valence-electron chi connectivity index (χ1n) is 7.74. The molecule has 1 aliphatic heterocycles. The van der Waals surface area contributed by atoms with E-state index in [0.29, 0.717) is 27.4 Å². The number of carbonyl (C=O) groups is 1. The third kappa shape index (κ3) is 5.01. The van der Waals surface area contributed by atoms with Gasteiger partial charge in [0.25, 0.3) is 0 Å². The van der Waals surface area contributed by atoms with Crippen LogP contribution in [0.4, 0.5) is 4.79 Å². The molecule has 1 aromatic carbocycles. The van der Waals surface area contributed by atoms with E-state index in [1.54, 1.807) is 39.8 Å². The molecule has 0 aliphatic carbocycles. The van der Waals surface area contributed by atoms with Gasteiger partial charge in [-0.15, -0.1) is 0 Å². The molecule has 1 heterocycles. The Morgan fingerprint density at radius 2 is 1.96 bits per heavy atom. The Bertz CT molecular complexity index is 647. The van der Waals surface area contributed by atoms with Gasteiger partial charge in [-0.2, -0.15) is 0 Å². The molecule has 132 valence electrons. The van der Waals surface area contributed by atoms with Crippen molar-refractivity contribution < 1.29 is 9.53 Å². The molecular formula is C17H21Cl2NO2S2. The van der Waals surface area contributed by atoms with Crippen LogP contribution in [0.3, 0.4) is 0 Å². The number of ether oxygens (including phenoxy) is 1. The lowest BCUT2D eigenvalue weighted by atomic mass is 9.98. The van der Waals surface area contributed by atoms with Crippen molar-refractivity contribution >= 4 is 50.9 Å². The highest BCUT2D eigenvalue weighted by Gasteiger charge is 2.32. The fraction of sp³-hybridized carbons (Fsp3) is 0.471. The summed E-state index contributed by atoms with van der Waals surface area (Å²) in [5, 5.41) is 3.98. The number of nitrogens with one attached hydrogen (secondary N) is 1. The lowest BCUT2D eigenvalue weighted by molar-refractivity contribution is 0.139. The van der Waals surface area contributed by atoms with Gasteiger partial charge in [-0.05, 0) is 35.6 Å². The SMILES string of the molecule is CC(C)C1=C(C(C)C)C(NC(=O)OCc2cc(Cl)ccc2Cl)SS1. The quantitative estimate of drug-likeness (QED) is 0.566. The minimum Gasteiger partial charge on any atom is -0.445 e. The first kappa shape index (κ1) is 19.8. The molecule has 2 rings (SSSR count). The fourth-order valence-corrected chi connectivity index (χ4v) is 6.25. The van der Waals surface area contributed by atoms with Gasteiger partial charge in [-0.1, -0.05) is 72.5 Å². The van der Waals surface area contributed by atoms with Crippen molar-refractivity contribution in [2.75, 3.05) is 0 Å². The highest BCUT2D eigenvalue weighted by Crippen LogP contribution is 2.50. The number of hydrogen-bond acceptors (Lipinski definition) is 4. The van der Waals surface area contributed by atoms with E-state index >= 15 is 0 Å². The number of rotatable bonds is 5. The Labute approximate surface area is 161 Å². The van der Waals surface area contributed by atoms with Crippen LogP contribution >= 0.6 is 44.8 Å². The largest absolute Gasteiger partial charge is 0.445 e. The van der Waals surface area contributed by atoms with Crippen LogP contribution in [0.15, 0.2) is 28.7 Å². The molecule has 0 fully saturated rings. The van der Waals surface area contributed by atoms with E-state index in [1.165, 1.54) is 10.5 Å². The van der Waals surface area contributed by atoms with Crippen molar-refractivity contribution in [3.05, 3.63) is 44.3 Å². The van der Waals surface area contributed by atoms with Crippen LogP contribution in [0.2, 0.25) is 10.0 Å². The van der Waals surface area contributed by atoms with Crippen LogP contribution in [0, 0.1) is 11.8 Å². The van der Waals surface area contributed by atoms with E-state index in [-0.39, 0.29) is 12.0 Å². The number of carbonyl (C=O) groups excluding carboxylic acids is 1. The number of allylic oxidation sites excluding steroid dienone is 1. The van der Waals surface area contributed by atoms with E-state index in [1.807, 2.05) is 0 Å². The lowest BCUT2D eigenvalue weighted by Gasteiger charge is -2.19. The van der Waals surface area contributed by atoms with Crippen molar-refractivity contribution in [1.29, 1.82) is 0 Å². The first-order valence-corrected chi connectivity index (χ1v) is 10.7. The van der Waals surface area contributed by atoms with Gasteiger partial charge in [0.15, 0.2) is 0 Å². The molecule has 7 heteroatoms. The first-order chi connectivity index (χ1) is 11.3. The van der Waals surface area contributed by atoms with Gasteiger partial charge in [0.1, 0.15) is 12.0 Å². The molecule has 1 aliphatic rings. The van der Waals surface area contributed by atoms with Crippen molar-refractivity contribution in [3.8, 4) is 0 Å². The van der Waals surface area contributed by atoms with Gasteiger partial charge < -0.3 is 10.1 Å². The van der Waals surface area contributed by atoms with Gasteiger partial charge in [0.2, 0.25) is 0 Å². The zero-order valence-corrected chi connectivity index (χ0v) is 17.2. The van der Waals surface area contributed by atoms with Crippen LogP contribution in [-0.4, -0.2) is 11.5 Å². The highest BCUT2D eigenvalue weighted by atomic mass is 35.5. The predicted molar refractivity (Wildman–Crippen MR) is 105 cm³/mol. The monoisotopic (exact) mass is 405 g/mol. The average Bonchev–Trinajstić information content (AvgIpc) is 2.92. The summed E-state index contributed by atoms with van der Waals surface area (Å²) in [6.07, 6.45) is -0.452. The Kier molecular flexibility index (Phi) is 7.23. The average molecular weight is 406 g/mol. The van der Waals surface area contributed by atoms with Crippen LogP contribution in [-0.2, 0) is 11.3 Å². The third-order valence-corrected chi connectivity index (χ3v) is 7.12. The van der Waals surface area contributed by atoms with Gasteiger partial charge >= 0.3 is 6.09 Å². The molecule has 1 N–H and O–H groups in total. The summed E-state index contributed by atoms with van der Waals surface area (Å²) in [6.45, 7) is 8.74. The summed E-state index contributed by atoms with van der Waals surface area (Å²) >= 11 is 12.0. The Morgan fingerprint density at radius 3 is 2.58 bits per heavy atom. The third-order valence-electron chi connectivity index (χ3n) is 3.56. The second-order valence-electron chi connectivity index (χ2n) is 6.14. The smallest absolute Gasteiger partial charge is 0.408 e. The van der Waals surface area contributed by atoms with Crippen LogP contribution < -0.4 is 5.32 Å². The summed E-state index contributed by atoms with van der Waals surface area (Å²) in [5.41, 5.74) is 1.97. The number of amides is 1. The summed E-state index contributed by atoms with van der Waals surface area (Å²) in [6, 6.07) is 5.10. The van der Waals surface area contributed by atoms with Crippen molar-refractivity contribution in [2.24, 2.45) is 11.8 Å². The van der Waals surface area contributed by atoms with Gasteiger partial charge in [-0.3, -0.25) is 0 Å². The Balaban J connectivity index is 1.98. The number of halogens is 2. The molecule has 0 radical (unpaired) electrons. The zero-order valence-electron chi connectivity index (χ0n) is 14.1. The molecule has 0 spiro atoms. The maximum atomic E-state index is 12.2. The number of hydrogen-bond donors (Lipinski definition) is 1. The minimum absolute atomic E-state index is 0.0604. The zero-order chi connectivity index (χ0) is 17.9. The minimum atomic E-state index is -0.452. The summed E-state index contributed by atoms with van der Waals surface area (Å²) in [4.78, 5) is 13.5. The molecule has 0 bridgehead atoms. The highest BCUT2D eigenvalue weighted by molar-refractivity contribution is 8.78. The molecule has 0 aromatic heterocycles. The molecule has 0 saturated heterocycles. The van der Waals surface area contributed by atoms with E-state index in [2.05, 4.69) is 33.0 Å². The second-order valence-corrected chi connectivity index (χ2v) is 9.34. The van der Waals surface area contributed by atoms with E-state index < -0.39 is 6.09 Å². The molecule has 24 heavy (non-hydrogen) atoms. The van der Waals surface area contributed by atoms with Crippen molar-refractivity contribution in [3.63, 3.8) is 0 Å². The fourth-order valence-electron chi connectivity index (χ4n) is 2.39. The molecule has 1 unspecified atom stereocenters. The number of alkyl carbamates (subject to hydrolysis) is 1. The van der Waals surface area contributed by atoms with Crippen LogP contribution in [0.25, 0.3) is 0 Å². The molecule has 1 atom stereocenters. The molecule has 1 aromatic rings. The topological polar surface area (TPSA) is 38.3 Å². The van der Waals surface area contributed by atoms with Crippen LogP contribution in [0.5, 0.6) is 0 Å². The van der Waals surface area contributed by atoms with E-state index in [9.17, 15) is 4.79 Å². The Hall–Kier alpha value is -0.490. The van der Waals surface area contributed by atoms with E-state index in [4.69, 9.17) is 27.9 Å². The standard InChI is InChI=1S/C17H21Cl2NO2S2/c1-9(2)14-15(10(3)4)23-24-16(14)20-17(21)22-8-11-7-12(18)5-6-13(11)19/h5-7,9-10,16H,8H2,1-4H3,(H,20,21). The molecular weight excluding hydrogens is 385 g/mol. The normalized spacial score (nSPS) is 17.8. The Morgan fingerprint density at radius 1 is 1.25 bits per heavy atom. The van der Waals surface area contributed by atoms with Crippen molar-refractivity contribution in [1.82, 2.24) is 5.32 Å². The summed E-state index contributed by atoms with van der Waals surface area (Å²) < 4.78 is 5.31. The summed E-state index contributed by atoms with van der Waals surface area (Å²) in [7, 11) is 3.40. The second kappa shape index (κ2) is 8.75. The molecule has 1 amide bonds. The van der Waals surface area contributed by atoms with Gasteiger partial charge in [0, 0.05) is 20.5 Å². The number of benzene rings is 1. The van der Waals surface area contributed by atoms with Gasteiger partial charge in [-0.25, -0.2) is 4.79 Å². The maximum absolute atomic E-state index is 12.2. The van der Waals surface area contributed by atoms with E-state index in [0.717, 1.165) is 0 Å². The van der Waals surface area contributed by atoms with Crippen molar-refractivity contribution in [2.45, 2.75) is 39.7 Å². The molecule has 3 nitrogen and oxygen atoms in total. The predicted octanol–water partition coefficient (Wildman–Crippen LogP) is 6.51. The summed E-state index contributed by atoms with van der Waals surface area (Å²) in [5.74, 6) is 0.825. The maximum Gasteiger partial charge on any atom is 0.408 e. The van der Waals surface area contributed by atoms with Crippen LogP contribution in [0.1, 0.15) is 33.3 Å². The van der Waals surface area contributed by atoms with Gasteiger partial charge in [0.05, 0.1) is 0 Å². The molecule has 0 saturated carbocycles. The lowest BCUT2D eigenvalue weighted by Crippen LogP contribution is -2.34.